The van der Waals surface area contributed by atoms with Gasteiger partial charge in [0.2, 0.25) is 0 Å². The van der Waals surface area contributed by atoms with Crippen LogP contribution in [0.25, 0.3) is 0 Å². The third kappa shape index (κ3) is 6.11. The lowest BCUT2D eigenvalue weighted by molar-refractivity contribution is -0.0512. The maximum Gasteiger partial charge on any atom is 0.387 e. The molecule has 0 bridgehead atoms. The van der Waals surface area contributed by atoms with Crippen LogP contribution in [-0.4, -0.2) is 25.0 Å². The topological polar surface area (TPSA) is 44.5 Å². The molecule has 6 heteroatoms. The Kier molecular flexibility index (Phi) is 5.87. The van der Waals surface area contributed by atoms with E-state index in [1.165, 1.54) is 13.2 Å². The van der Waals surface area contributed by atoms with Gasteiger partial charge < -0.3 is 15.2 Å². The second kappa shape index (κ2) is 6.96. The van der Waals surface area contributed by atoms with Crippen molar-refractivity contribution in [1.29, 1.82) is 0 Å². The zero-order chi connectivity index (χ0) is 14.5. The number of thioether (sulfide) groups is 1. The minimum Gasteiger partial charge on any atom is -0.493 e. The standard InChI is InChI=1S/C13H19F2NO2S/c1-13(2,16)8-19-7-9-4-5-10(18-12(14)15)11(6-9)17-3/h4-6,12H,7-8,16H2,1-3H3. The van der Waals surface area contributed by atoms with Gasteiger partial charge in [-0.1, -0.05) is 6.07 Å². The lowest BCUT2D eigenvalue weighted by Gasteiger charge is -2.17. The highest BCUT2D eigenvalue weighted by Gasteiger charge is 2.13. The summed E-state index contributed by atoms with van der Waals surface area (Å²) >= 11 is 1.68. The van der Waals surface area contributed by atoms with Crippen molar-refractivity contribution in [3.63, 3.8) is 0 Å². The van der Waals surface area contributed by atoms with Crippen LogP contribution < -0.4 is 15.2 Å². The van der Waals surface area contributed by atoms with Crippen molar-refractivity contribution in [2.75, 3.05) is 12.9 Å². The molecule has 0 aliphatic rings. The van der Waals surface area contributed by atoms with E-state index < -0.39 is 6.61 Å². The lowest BCUT2D eigenvalue weighted by atomic mass is 10.1. The average molecular weight is 291 g/mol. The van der Waals surface area contributed by atoms with Crippen LogP contribution >= 0.6 is 11.8 Å². The van der Waals surface area contributed by atoms with Gasteiger partial charge in [0.05, 0.1) is 7.11 Å². The predicted octanol–water partition coefficient (Wildman–Crippen LogP) is 3.27. The molecule has 0 spiro atoms. The molecular formula is C13H19F2NO2S. The number of hydrogen-bond acceptors (Lipinski definition) is 4. The molecule has 1 aromatic carbocycles. The number of halogens is 2. The van der Waals surface area contributed by atoms with Crippen molar-refractivity contribution in [3.8, 4) is 11.5 Å². The number of rotatable bonds is 7. The molecule has 0 aliphatic heterocycles. The molecule has 0 radical (unpaired) electrons. The third-order valence-corrected chi connectivity index (χ3v) is 3.67. The van der Waals surface area contributed by atoms with Gasteiger partial charge in [-0.3, -0.25) is 0 Å². The zero-order valence-corrected chi connectivity index (χ0v) is 12.1. The van der Waals surface area contributed by atoms with Crippen LogP contribution in [0, 0.1) is 0 Å². The first kappa shape index (κ1) is 16.0. The van der Waals surface area contributed by atoms with Gasteiger partial charge in [-0.05, 0) is 31.5 Å². The normalized spacial score (nSPS) is 11.7. The van der Waals surface area contributed by atoms with Crippen LogP contribution in [-0.2, 0) is 5.75 Å². The monoisotopic (exact) mass is 291 g/mol. The first-order valence-corrected chi connectivity index (χ1v) is 6.95. The van der Waals surface area contributed by atoms with Crippen molar-refractivity contribution < 1.29 is 18.3 Å². The fraction of sp³-hybridized carbons (Fsp3) is 0.538. The smallest absolute Gasteiger partial charge is 0.387 e. The molecule has 1 aromatic rings. The number of nitrogens with two attached hydrogens (primary N) is 1. The van der Waals surface area contributed by atoms with Crippen molar-refractivity contribution >= 4 is 11.8 Å². The minimum atomic E-state index is -2.85. The van der Waals surface area contributed by atoms with Crippen LogP contribution in [0.15, 0.2) is 18.2 Å². The van der Waals surface area contributed by atoms with E-state index in [9.17, 15) is 8.78 Å². The highest BCUT2D eigenvalue weighted by molar-refractivity contribution is 7.98. The summed E-state index contributed by atoms with van der Waals surface area (Å²) in [7, 11) is 1.42. The fourth-order valence-corrected chi connectivity index (χ4v) is 2.47. The van der Waals surface area contributed by atoms with Gasteiger partial charge in [-0.15, -0.1) is 0 Å². The summed E-state index contributed by atoms with van der Waals surface area (Å²) in [6, 6.07) is 4.94. The summed E-state index contributed by atoms with van der Waals surface area (Å²) in [6.45, 7) is 1.06. The Bertz CT molecular complexity index is 408. The molecular weight excluding hydrogens is 272 g/mol. The van der Waals surface area contributed by atoms with E-state index in [1.807, 2.05) is 13.8 Å². The third-order valence-electron chi connectivity index (χ3n) is 2.19. The number of ether oxygens (including phenoxy) is 2. The quantitative estimate of drug-likeness (QED) is 0.837. The fourth-order valence-electron chi connectivity index (χ4n) is 1.43. The lowest BCUT2D eigenvalue weighted by Crippen LogP contribution is -2.34. The predicted molar refractivity (Wildman–Crippen MR) is 74.1 cm³/mol. The molecule has 0 aliphatic carbocycles. The van der Waals surface area contributed by atoms with Crippen molar-refractivity contribution in [2.24, 2.45) is 5.73 Å². The SMILES string of the molecule is COc1cc(CSCC(C)(C)N)ccc1OC(F)F. The van der Waals surface area contributed by atoms with Crippen LogP contribution in [0.4, 0.5) is 8.78 Å². The second-order valence-electron chi connectivity index (χ2n) is 4.85. The molecule has 108 valence electrons. The largest absolute Gasteiger partial charge is 0.493 e. The van der Waals surface area contributed by atoms with Crippen molar-refractivity contribution in [3.05, 3.63) is 23.8 Å². The Balaban J connectivity index is 2.66. The van der Waals surface area contributed by atoms with Gasteiger partial charge in [0, 0.05) is 17.0 Å². The van der Waals surface area contributed by atoms with Crippen molar-refractivity contribution in [2.45, 2.75) is 31.8 Å². The van der Waals surface area contributed by atoms with Crippen molar-refractivity contribution in [1.82, 2.24) is 0 Å². The minimum absolute atomic E-state index is 0.0467. The van der Waals surface area contributed by atoms with E-state index >= 15 is 0 Å². The maximum atomic E-state index is 12.2. The van der Waals surface area contributed by atoms with E-state index in [0.717, 1.165) is 17.1 Å². The summed E-state index contributed by atoms with van der Waals surface area (Å²) < 4.78 is 33.8. The molecule has 0 atom stereocenters. The van der Waals surface area contributed by atoms with Gasteiger partial charge in [0.15, 0.2) is 11.5 Å². The maximum absolute atomic E-state index is 12.2. The molecule has 0 aromatic heterocycles. The van der Waals surface area contributed by atoms with E-state index in [1.54, 1.807) is 23.9 Å². The van der Waals surface area contributed by atoms with E-state index in [0.29, 0.717) is 5.75 Å². The summed E-state index contributed by atoms with van der Waals surface area (Å²) in [5, 5.41) is 0. The Hall–Kier alpha value is -1.01. The molecule has 2 N–H and O–H groups in total. The summed E-state index contributed by atoms with van der Waals surface area (Å²) in [5.41, 5.74) is 6.64. The highest BCUT2D eigenvalue weighted by Crippen LogP contribution is 2.30. The molecule has 19 heavy (non-hydrogen) atoms. The second-order valence-corrected chi connectivity index (χ2v) is 5.83. The number of hydrogen-bond donors (Lipinski definition) is 1. The van der Waals surface area contributed by atoms with E-state index in [-0.39, 0.29) is 11.3 Å². The summed E-state index contributed by atoms with van der Waals surface area (Å²) in [4.78, 5) is 0. The molecule has 3 nitrogen and oxygen atoms in total. The number of methoxy groups -OCH3 is 1. The van der Waals surface area contributed by atoms with Crippen LogP contribution in [0.3, 0.4) is 0 Å². The Labute approximate surface area is 116 Å². The number of alkyl halides is 2. The van der Waals surface area contributed by atoms with Crippen LogP contribution in [0.5, 0.6) is 11.5 Å². The Morgan fingerprint density at radius 2 is 2.00 bits per heavy atom. The van der Waals surface area contributed by atoms with Crippen LogP contribution in [0.2, 0.25) is 0 Å². The van der Waals surface area contributed by atoms with E-state index in [4.69, 9.17) is 10.5 Å². The highest BCUT2D eigenvalue weighted by atomic mass is 32.2. The van der Waals surface area contributed by atoms with Gasteiger partial charge in [0.25, 0.3) is 0 Å². The summed E-state index contributed by atoms with van der Waals surface area (Å²) in [6.07, 6.45) is 0. The summed E-state index contributed by atoms with van der Waals surface area (Å²) in [5.74, 6) is 1.91. The van der Waals surface area contributed by atoms with E-state index in [2.05, 4.69) is 4.74 Å². The van der Waals surface area contributed by atoms with Crippen LogP contribution in [0.1, 0.15) is 19.4 Å². The average Bonchev–Trinajstić information content (AvgIpc) is 2.28. The molecule has 0 saturated heterocycles. The Morgan fingerprint density at radius 3 is 2.53 bits per heavy atom. The molecule has 0 heterocycles. The first-order chi connectivity index (χ1) is 8.81. The van der Waals surface area contributed by atoms with Gasteiger partial charge in [-0.25, -0.2) is 0 Å². The van der Waals surface area contributed by atoms with Gasteiger partial charge >= 0.3 is 6.61 Å². The van der Waals surface area contributed by atoms with Gasteiger partial charge in [-0.2, -0.15) is 20.5 Å². The number of benzene rings is 1. The molecule has 0 amide bonds. The molecule has 0 saturated carbocycles. The zero-order valence-electron chi connectivity index (χ0n) is 11.3. The molecule has 0 unspecified atom stereocenters. The molecule has 1 rings (SSSR count). The first-order valence-electron chi connectivity index (χ1n) is 5.80. The van der Waals surface area contributed by atoms with Gasteiger partial charge in [0.1, 0.15) is 0 Å². The molecule has 0 fully saturated rings. The Morgan fingerprint density at radius 1 is 1.32 bits per heavy atom.